The van der Waals surface area contributed by atoms with Crippen molar-refractivity contribution >= 4 is 5.97 Å². The normalized spacial score (nSPS) is 28.8. The summed E-state index contributed by atoms with van der Waals surface area (Å²) in [5, 5.41) is 0. The standard InChI is InChI=1S/C12H21NO3/c1-3-15-11(14)12(4-5-12)9-13-6-7-16-10(2)8-13/h10H,3-9H2,1-2H3/t10-/m1/s1. The van der Waals surface area contributed by atoms with Gasteiger partial charge in [-0.1, -0.05) is 0 Å². The van der Waals surface area contributed by atoms with Gasteiger partial charge < -0.3 is 9.47 Å². The fourth-order valence-corrected chi connectivity index (χ4v) is 2.32. The van der Waals surface area contributed by atoms with E-state index < -0.39 is 0 Å². The Bertz CT molecular complexity index is 263. The average molecular weight is 227 g/mol. The SMILES string of the molecule is CCOC(=O)C1(CN2CCO[C@H](C)C2)CC1. The Kier molecular flexibility index (Phi) is 3.50. The molecule has 4 nitrogen and oxygen atoms in total. The van der Waals surface area contributed by atoms with Crippen molar-refractivity contribution in [3.05, 3.63) is 0 Å². The molecule has 0 unspecified atom stereocenters. The molecule has 0 bridgehead atoms. The molecule has 0 aromatic carbocycles. The molecule has 1 aliphatic heterocycles. The van der Waals surface area contributed by atoms with Gasteiger partial charge >= 0.3 is 5.97 Å². The summed E-state index contributed by atoms with van der Waals surface area (Å²) in [5.41, 5.74) is -0.187. The Morgan fingerprint density at radius 3 is 2.88 bits per heavy atom. The summed E-state index contributed by atoms with van der Waals surface area (Å²) in [6, 6.07) is 0. The van der Waals surface area contributed by atoms with Gasteiger partial charge in [-0.2, -0.15) is 0 Å². The Morgan fingerprint density at radius 2 is 2.31 bits per heavy atom. The molecule has 0 aromatic rings. The third kappa shape index (κ3) is 2.55. The first-order valence-electron chi connectivity index (χ1n) is 6.17. The second-order valence-corrected chi connectivity index (χ2v) is 4.92. The smallest absolute Gasteiger partial charge is 0.313 e. The van der Waals surface area contributed by atoms with Crippen LogP contribution < -0.4 is 0 Å². The van der Waals surface area contributed by atoms with Gasteiger partial charge in [0.05, 0.1) is 24.7 Å². The third-order valence-corrected chi connectivity index (χ3v) is 3.41. The zero-order chi connectivity index (χ0) is 11.6. The highest BCUT2D eigenvalue weighted by atomic mass is 16.5. The van der Waals surface area contributed by atoms with E-state index in [-0.39, 0.29) is 17.5 Å². The molecule has 92 valence electrons. The molecule has 0 amide bonds. The molecule has 0 aromatic heterocycles. The van der Waals surface area contributed by atoms with Gasteiger partial charge in [0.15, 0.2) is 0 Å². The van der Waals surface area contributed by atoms with Gasteiger partial charge in [-0.25, -0.2) is 0 Å². The number of ether oxygens (including phenoxy) is 2. The molecule has 2 fully saturated rings. The summed E-state index contributed by atoms with van der Waals surface area (Å²) in [4.78, 5) is 14.1. The first kappa shape index (κ1) is 11.9. The van der Waals surface area contributed by atoms with Gasteiger partial charge in [-0.3, -0.25) is 9.69 Å². The fourth-order valence-electron chi connectivity index (χ4n) is 2.32. The summed E-state index contributed by atoms with van der Waals surface area (Å²) in [6.07, 6.45) is 2.25. The minimum absolute atomic E-state index is 0.00542. The lowest BCUT2D eigenvalue weighted by Crippen LogP contribution is -2.45. The summed E-state index contributed by atoms with van der Waals surface area (Å²) >= 11 is 0. The van der Waals surface area contributed by atoms with Crippen LogP contribution >= 0.6 is 0 Å². The number of hydrogen-bond acceptors (Lipinski definition) is 4. The van der Waals surface area contributed by atoms with E-state index in [9.17, 15) is 4.79 Å². The first-order valence-corrected chi connectivity index (χ1v) is 6.17. The minimum atomic E-state index is -0.187. The maximum Gasteiger partial charge on any atom is 0.313 e. The predicted octanol–water partition coefficient (Wildman–Crippen LogP) is 1.05. The van der Waals surface area contributed by atoms with Crippen LogP contribution in [0, 0.1) is 5.41 Å². The van der Waals surface area contributed by atoms with Crippen molar-refractivity contribution in [1.82, 2.24) is 4.90 Å². The van der Waals surface area contributed by atoms with Crippen molar-refractivity contribution in [2.75, 3.05) is 32.8 Å². The molecule has 16 heavy (non-hydrogen) atoms. The second kappa shape index (κ2) is 4.72. The van der Waals surface area contributed by atoms with Crippen LogP contribution in [0.15, 0.2) is 0 Å². The van der Waals surface area contributed by atoms with E-state index in [1.165, 1.54) is 0 Å². The van der Waals surface area contributed by atoms with Crippen LogP contribution in [0.25, 0.3) is 0 Å². The van der Waals surface area contributed by atoms with Gasteiger partial charge in [-0.05, 0) is 26.7 Å². The average Bonchev–Trinajstić information content (AvgIpc) is 2.99. The molecule has 2 aliphatic rings. The lowest BCUT2D eigenvalue weighted by atomic mass is 10.1. The molecule has 1 atom stereocenters. The van der Waals surface area contributed by atoms with Gasteiger partial charge in [0.25, 0.3) is 0 Å². The van der Waals surface area contributed by atoms with Crippen LogP contribution in [0.1, 0.15) is 26.7 Å². The molecule has 4 heteroatoms. The Balaban J connectivity index is 1.86. The van der Waals surface area contributed by atoms with Crippen molar-refractivity contribution in [2.24, 2.45) is 5.41 Å². The molecule has 1 aliphatic carbocycles. The van der Waals surface area contributed by atoms with Crippen LogP contribution in [0.5, 0.6) is 0 Å². The number of morpholine rings is 1. The van der Waals surface area contributed by atoms with E-state index in [1.54, 1.807) is 0 Å². The molecule has 1 heterocycles. The zero-order valence-electron chi connectivity index (χ0n) is 10.2. The van der Waals surface area contributed by atoms with E-state index >= 15 is 0 Å². The molecule has 0 radical (unpaired) electrons. The number of carbonyl (C=O) groups excluding carboxylic acids is 1. The van der Waals surface area contributed by atoms with Gasteiger partial charge in [0.2, 0.25) is 0 Å². The number of rotatable bonds is 4. The molecule has 0 spiro atoms. The van der Waals surface area contributed by atoms with E-state index in [4.69, 9.17) is 9.47 Å². The van der Waals surface area contributed by atoms with Crippen LogP contribution in [0.4, 0.5) is 0 Å². The predicted molar refractivity (Wildman–Crippen MR) is 60.2 cm³/mol. The van der Waals surface area contributed by atoms with Gasteiger partial charge in [0, 0.05) is 19.6 Å². The summed E-state index contributed by atoms with van der Waals surface area (Å²) in [5.74, 6) is -0.00542. The highest BCUT2D eigenvalue weighted by Crippen LogP contribution is 2.47. The topological polar surface area (TPSA) is 38.8 Å². The Labute approximate surface area is 96.9 Å². The largest absolute Gasteiger partial charge is 0.466 e. The Morgan fingerprint density at radius 1 is 1.56 bits per heavy atom. The highest BCUT2D eigenvalue weighted by Gasteiger charge is 2.52. The summed E-state index contributed by atoms with van der Waals surface area (Å²) < 4.78 is 10.6. The molecular weight excluding hydrogens is 206 g/mol. The first-order chi connectivity index (χ1) is 7.66. The molecule has 0 N–H and O–H groups in total. The van der Waals surface area contributed by atoms with E-state index in [0.717, 1.165) is 39.1 Å². The summed E-state index contributed by atoms with van der Waals surface area (Å²) in [6.45, 7) is 7.92. The van der Waals surface area contributed by atoms with Crippen LogP contribution in [-0.4, -0.2) is 49.8 Å². The second-order valence-electron chi connectivity index (χ2n) is 4.92. The molecule has 1 saturated heterocycles. The third-order valence-electron chi connectivity index (χ3n) is 3.41. The number of esters is 1. The minimum Gasteiger partial charge on any atom is -0.466 e. The lowest BCUT2D eigenvalue weighted by molar-refractivity contribution is -0.151. The highest BCUT2D eigenvalue weighted by molar-refractivity contribution is 5.80. The van der Waals surface area contributed by atoms with Gasteiger partial charge in [-0.15, -0.1) is 0 Å². The summed E-state index contributed by atoms with van der Waals surface area (Å²) in [7, 11) is 0. The van der Waals surface area contributed by atoms with Crippen molar-refractivity contribution in [2.45, 2.75) is 32.8 Å². The Hall–Kier alpha value is -0.610. The van der Waals surface area contributed by atoms with Gasteiger partial charge in [0.1, 0.15) is 0 Å². The van der Waals surface area contributed by atoms with Crippen LogP contribution in [-0.2, 0) is 14.3 Å². The van der Waals surface area contributed by atoms with Crippen molar-refractivity contribution < 1.29 is 14.3 Å². The molecular formula is C12H21NO3. The quantitative estimate of drug-likeness (QED) is 0.673. The fraction of sp³-hybridized carbons (Fsp3) is 0.917. The maximum atomic E-state index is 11.8. The molecule has 2 rings (SSSR count). The van der Waals surface area contributed by atoms with Crippen molar-refractivity contribution in [3.63, 3.8) is 0 Å². The van der Waals surface area contributed by atoms with E-state index in [1.807, 2.05) is 6.92 Å². The lowest BCUT2D eigenvalue weighted by Gasteiger charge is -2.33. The van der Waals surface area contributed by atoms with E-state index in [0.29, 0.717) is 6.61 Å². The maximum absolute atomic E-state index is 11.8. The number of carbonyl (C=O) groups is 1. The molecule has 1 saturated carbocycles. The van der Waals surface area contributed by atoms with Crippen LogP contribution in [0.2, 0.25) is 0 Å². The van der Waals surface area contributed by atoms with Crippen molar-refractivity contribution in [3.8, 4) is 0 Å². The number of hydrogen-bond donors (Lipinski definition) is 0. The monoisotopic (exact) mass is 227 g/mol. The van der Waals surface area contributed by atoms with Crippen molar-refractivity contribution in [1.29, 1.82) is 0 Å². The van der Waals surface area contributed by atoms with Crippen LogP contribution in [0.3, 0.4) is 0 Å². The van der Waals surface area contributed by atoms with E-state index in [2.05, 4.69) is 11.8 Å². The number of nitrogens with zero attached hydrogens (tertiary/aromatic N) is 1. The zero-order valence-corrected chi connectivity index (χ0v) is 10.2.